The molecule has 16 heavy (non-hydrogen) atoms. The lowest BCUT2D eigenvalue weighted by molar-refractivity contribution is -0.114. The SMILES string of the molecule is O=C1C=CC(OS(=O)(=O)c2ccccc2)C1. The Bertz CT molecular complexity index is 516. The molecule has 1 aliphatic carbocycles. The van der Waals surface area contributed by atoms with Crippen LogP contribution in [-0.4, -0.2) is 20.3 Å². The van der Waals surface area contributed by atoms with Gasteiger partial charge in [0.25, 0.3) is 10.1 Å². The van der Waals surface area contributed by atoms with Gasteiger partial charge in [0.15, 0.2) is 5.78 Å². The second kappa shape index (κ2) is 4.19. The van der Waals surface area contributed by atoms with Crippen LogP contribution in [0.25, 0.3) is 0 Å². The van der Waals surface area contributed by atoms with E-state index in [1.165, 1.54) is 24.3 Å². The molecular weight excluding hydrogens is 228 g/mol. The van der Waals surface area contributed by atoms with Crippen molar-refractivity contribution in [2.45, 2.75) is 17.4 Å². The molecule has 1 atom stereocenters. The second-order valence-corrected chi connectivity index (χ2v) is 5.00. The highest BCUT2D eigenvalue weighted by atomic mass is 32.2. The Morgan fingerprint density at radius 2 is 1.88 bits per heavy atom. The average Bonchev–Trinajstić information content (AvgIpc) is 2.64. The van der Waals surface area contributed by atoms with Gasteiger partial charge in [0.1, 0.15) is 6.10 Å². The van der Waals surface area contributed by atoms with E-state index in [2.05, 4.69) is 0 Å². The fourth-order valence-electron chi connectivity index (χ4n) is 1.42. The fourth-order valence-corrected chi connectivity index (χ4v) is 2.48. The Balaban J connectivity index is 2.16. The first kappa shape index (κ1) is 11.0. The molecule has 0 aliphatic heterocycles. The van der Waals surface area contributed by atoms with Crippen molar-refractivity contribution in [3.05, 3.63) is 42.5 Å². The van der Waals surface area contributed by atoms with Crippen molar-refractivity contribution < 1.29 is 17.4 Å². The van der Waals surface area contributed by atoms with Crippen molar-refractivity contribution in [2.75, 3.05) is 0 Å². The molecule has 5 heteroatoms. The zero-order chi connectivity index (χ0) is 11.6. The van der Waals surface area contributed by atoms with Gasteiger partial charge in [-0.15, -0.1) is 0 Å². The summed E-state index contributed by atoms with van der Waals surface area (Å²) in [6.45, 7) is 0. The molecule has 1 unspecified atom stereocenters. The normalized spacial score (nSPS) is 20.2. The van der Waals surface area contributed by atoms with Crippen molar-refractivity contribution in [3.63, 3.8) is 0 Å². The van der Waals surface area contributed by atoms with Crippen LogP contribution in [0.2, 0.25) is 0 Å². The lowest BCUT2D eigenvalue weighted by atomic mass is 10.3. The molecule has 1 aromatic rings. The van der Waals surface area contributed by atoms with E-state index in [0.717, 1.165) is 0 Å². The van der Waals surface area contributed by atoms with E-state index in [-0.39, 0.29) is 17.1 Å². The highest BCUT2D eigenvalue weighted by Gasteiger charge is 2.24. The van der Waals surface area contributed by atoms with Gasteiger partial charge in [-0.25, -0.2) is 0 Å². The van der Waals surface area contributed by atoms with E-state index < -0.39 is 16.2 Å². The van der Waals surface area contributed by atoms with Gasteiger partial charge in [0, 0.05) is 6.42 Å². The quantitative estimate of drug-likeness (QED) is 0.744. The average molecular weight is 238 g/mol. The number of allylic oxidation sites excluding steroid dienone is 1. The Labute approximate surface area is 93.7 Å². The molecule has 0 heterocycles. The van der Waals surface area contributed by atoms with Gasteiger partial charge >= 0.3 is 0 Å². The van der Waals surface area contributed by atoms with Crippen LogP contribution < -0.4 is 0 Å². The second-order valence-electron chi connectivity index (χ2n) is 3.43. The van der Waals surface area contributed by atoms with Gasteiger partial charge < -0.3 is 0 Å². The fraction of sp³-hybridized carbons (Fsp3) is 0.182. The summed E-state index contributed by atoms with van der Waals surface area (Å²) >= 11 is 0. The van der Waals surface area contributed by atoms with E-state index >= 15 is 0 Å². The lowest BCUT2D eigenvalue weighted by Crippen LogP contribution is -2.15. The molecule has 0 radical (unpaired) electrons. The van der Waals surface area contributed by atoms with E-state index in [4.69, 9.17) is 4.18 Å². The summed E-state index contributed by atoms with van der Waals surface area (Å²) in [7, 11) is -3.77. The maximum Gasteiger partial charge on any atom is 0.297 e. The van der Waals surface area contributed by atoms with E-state index in [1.807, 2.05) is 0 Å². The van der Waals surface area contributed by atoms with Gasteiger partial charge in [-0.1, -0.05) is 24.3 Å². The first-order chi connectivity index (χ1) is 7.58. The van der Waals surface area contributed by atoms with Crippen molar-refractivity contribution >= 4 is 15.9 Å². The van der Waals surface area contributed by atoms with Crippen LogP contribution in [0.4, 0.5) is 0 Å². The number of hydrogen-bond acceptors (Lipinski definition) is 4. The molecule has 0 saturated heterocycles. The molecule has 4 nitrogen and oxygen atoms in total. The molecular formula is C11H10O4S. The predicted octanol–water partition coefficient (Wildman–Crippen LogP) is 1.29. The monoisotopic (exact) mass is 238 g/mol. The molecule has 0 amide bonds. The van der Waals surface area contributed by atoms with Crippen LogP contribution in [0.1, 0.15) is 6.42 Å². The summed E-state index contributed by atoms with van der Waals surface area (Å²) in [5, 5.41) is 0. The third-order valence-corrected chi connectivity index (χ3v) is 3.53. The molecule has 0 bridgehead atoms. The van der Waals surface area contributed by atoms with Gasteiger partial charge in [-0.2, -0.15) is 8.42 Å². The molecule has 0 N–H and O–H groups in total. The lowest BCUT2D eigenvalue weighted by Gasteiger charge is -2.09. The highest BCUT2D eigenvalue weighted by Crippen LogP contribution is 2.18. The van der Waals surface area contributed by atoms with Gasteiger partial charge in [0.05, 0.1) is 4.90 Å². The number of benzene rings is 1. The van der Waals surface area contributed by atoms with Crippen LogP contribution in [0.3, 0.4) is 0 Å². The molecule has 0 spiro atoms. The standard InChI is InChI=1S/C11H10O4S/c12-9-6-7-10(8-9)15-16(13,14)11-4-2-1-3-5-11/h1-7,10H,8H2. The molecule has 2 rings (SSSR count). The summed E-state index contributed by atoms with van der Waals surface area (Å²) < 4.78 is 28.4. The first-order valence-corrected chi connectivity index (χ1v) is 6.18. The van der Waals surface area contributed by atoms with Gasteiger partial charge in [-0.3, -0.25) is 8.98 Å². The maximum atomic E-state index is 11.7. The minimum atomic E-state index is -3.77. The Morgan fingerprint density at radius 1 is 1.19 bits per heavy atom. The predicted molar refractivity (Wildman–Crippen MR) is 57.3 cm³/mol. The summed E-state index contributed by atoms with van der Waals surface area (Å²) in [4.78, 5) is 11.0. The van der Waals surface area contributed by atoms with Crippen LogP contribution in [-0.2, 0) is 19.1 Å². The number of carbonyl (C=O) groups is 1. The molecule has 1 aromatic carbocycles. The van der Waals surface area contributed by atoms with E-state index in [0.29, 0.717) is 0 Å². The molecule has 0 saturated carbocycles. The maximum absolute atomic E-state index is 11.7. The van der Waals surface area contributed by atoms with E-state index in [1.54, 1.807) is 18.2 Å². The van der Waals surface area contributed by atoms with Crippen LogP contribution in [0.15, 0.2) is 47.4 Å². The Kier molecular flexibility index (Phi) is 2.89. The van der Waals surface area contributed by atoms with Crippen molar-refractivity contribution in [1.82, 2.24) is 0 Å². The third-order valence-electron chi connectivity index (χ3n) is 2.18. The topological polar surface area (TPSA) is 60.4 Å². The number of hydrogen-bond donors (Lipinski definition) is 0. The molecule has 1 aliphatic rings. The summed E-state index contributed by atoms with van der Waals surface area (Å²) in [5.41, 5.74) is 0. The zero-order valence-corrected chi connectivity index (χ0v) is 9.18. The highest BCUT2D eigenvalue weighted by molar-refractivity contribution is 7.86. The third kappa shape index (κ3) is 2.37. The van der Waals surface area contributed by atoms with Crippen LogP contribution in [0.5, 0.6) is 0 Å². The van der Waals surface area contributed by atoms with Gasteiger partial charge in [0.2, 0.25) is 0 Å². The minimum Gasteiger partial charge on any atom is -0.295 e. The largest absolute Gasteiger partial charge is 0.297 e. The first-order valence-electron chi connectivity index (χ1n) is 4.77. The van der Waals surface area contributed by atoms with E-state index in [9.17, 15) is 13.2 Å². The number of ketones is 1. The zero-order valence-electron chi connectivity index (χ0n) is 8.37. The smallest absolute Gasteiger partial charge is 0.295 e. The van der Waals surface area contributed by atoms with Crippen LogP contribution in [0, 0.1) is 0 Å². The summed E-state index contributed by atoms with van der Waals surface area (Å²) in [6.07, 6.45) is 2.22. The van der Waals surface area contributed by atoms with Gasteiger partial charge in [-0.05, 0) is 18.2 Å². The van der Waals surface area contributed by atoms with Crippen molar-refractivity contribution in [3.8, 4) is 0 Å². The molecule has 0 fully saturated rings. The summed E-state index contributed by atoms with van der Waals surface area (Å²) in [6, 6.07) is 7.86. The summed E-state index contributed by atoms with van der Waals surface area (Å²) in [5.74, 6) is -0.117. The number of carbonyl (C=O) groups excluding carboxylic acids is 1. The Hall–Kier alpha value is -1.46. The molecule has 84 valence electrons. The van der Waals surface area contributed by atoms with Crippen LogP contribution >= 0.6 is 0 Å². The minimum absolute atomic E-state index is 0.0893. The number of rotatable bonds is 3. The molecule has 0 aromatic heterocycles. The van der Waals surface area contributed by atoms with Crippen molar-refractivity contribution in [2.24, 2.45) is 0 Å². The Morgan fingerprint density at radius 3 is 2.44 bits per heavy atom. The van der Waals surface area contributed by atoms with Crippen molar-refractivity contribution in [1.29, 1.82) is 0 Å².